The summed E-state index contributed by atoms with van der Waals surface area (Å²) in [4.78, 5) is 21.8. The molecule has 2 N–H and O–H groups in total. The Labute approximate surface area is 254 Å². The van der Waals surface area contributed by atoms with Crippen molar-refractivity contribution in [1.29, 1.82) is 0 Å². The number of rotatable bonds is 9. The van der Waals surface area contributed by atoms with Crippen LogP contribution in [0.15, 0.2) is 73.4 Å². The number of nitrogens with one attached hydrogen (secondary N) is 1. The third-order valence-corrected chi connectivity index (χ3v) is 6.90. The van der Waals surface area contributed by atoms with Crippen LogP contribution in [0.1, 0.15) is 25.3 Å². The molecule has 1 aliphatic rings. The molecule has 2 heterocycles. The first kappa shape index (κ1) is 32.5. The summed E-state index contributed by atoms with van der Waals surface area (Å²) >= 11 is 6.61. The van der Waals surface area contributed by atoms with E-state index in [0.29, 0.717) is 22.7 Å². The highest BCUT2D eigenvalue weighted by Gasteiger charge is 2.22. The second-order valence-corrected chi connectivity index (χ2v) is 10.8. The van der Waals surface area contributed by atoms with E-state index in [4.69, 9.17) is 16.3 Å². The number of aromatic nitrogens is 1. The quantitative estimate of drug-likeness (QED) is 0.219. The molecule has 4 rings (SSSR count). The Morgan fingerprint density at radius 1 is 1.10 bits per heavy atom. The number of carbonyl (C=O) groups excluding carboxylic acids is 1. The number of ether oxygens (including phenoxy) is 1. The van der Waals surface area contributed by atoms with Crippen LogP contribution in [0.3, 0.4) is 0 Å². The van der Waals surface area contributed by atoms with Crippen molar-refractivity contribution in [3.63, 3.8) is 0 Å². The fourth-order valence-corrected chi connectivity index (χ4v) is 4.96. The van der Waals surface area contributed by atoms with Crippen LogP contribution in [0.2, 0.25) is 5.02 Å². The molecule has 224 valence electrons. The van der Waals surface area contributed by atoms with Gasteiger partial charge in [-0.3, -0.25) is 9.69 Å². The molecule has 8 nitrogen and oxygen atoms in total. The molecule has 1 fully saturated rings. The van der Waals surface area contributed by atoms with Gasteiger partial charge in [-0.2, -0.15) is 0 Å². The van der Waals surface area contributed by atoms with E-state index >= 15 is 0 Å². The molecule has 0 bridgehead atoms. The van der Waals surface area contributed by atoms with Crippen molar-refractivity contribution < 1.29 is 14.6 Å². The predicted molar refractivity (Wildman–Crippen MR) is 174 cm³/mol. The number of nitrogens with zero attached hydrogens (tertiary/aromatic N) is 4. The zero-order valence-electron chi connectivity index (χ0n) is 25.3. The average molecular weight is 592 g/mol. The monoisotopic (exact) mass is 591 g/mol. The van der Waals surface area contributed by atoms with Crippen LogP contribution in [0.4, 0.5) is 11.5 Å². The Kier molecular flexibility index (Phi) is 12.3. The van der Waals surface area contributed by atoms with Crippen molar-refractivity contribution in [2.45, 2.75) is 32.8 Å². The van der Waals surface area contributed by atoms with Crippen molar-refractivity contribution in [3.8, 4) is 28.0 Å². The van der Waals surface area contributed by atoms with Gasteiger partial charge in [0.25, 0.3) is 0 Å². The first-order valence-corrected chi connectivity index (χ1v) is 14.4. The molecule has 0 radical (unpaired) electrons. The van der Waals surface area contributed by atoms with Crippen molar-refractivity contribution >= 4 is 29.5 Å². The second kappa shape index (κ2) is 15.8. The van der Waals surface area contributed by atoms with E-state index in [9.17, 15) is 9.90 Å². The molecule has 0 saturated carbocycles. The molecule has 1 unspecified atom stereocenters. The average Bonchev–Trinajstić information content (AvgIpc) is 2.98. The number of carbonyl (C=O) groups is 1. The van der Waals surface area contributed by atoms with Gasteiger partial charge in [0.2, 0.25) is 6.41 Å². The molecule has 1 saturated heterocycles. The lowest BCUT2D eigenvalue weighted by atomic mass is 9.95. The van der Waals surface area contributed by atoms with Crippen LogP contribution in [0.5, 0.6) is 5.75 Å². The number of pyridine rings is 1. The van der Waals surface area contributed by atoms with Gasteiger partial charge in [0, 0.05) is 50.4 Å². The first-order chi connectivity index (χ1) is 20.2. The number of phenols is 1. The SMILES string of the molecule is C/C=C/OC1CCCN(c2cc(-c3cc(C)cc(-c4ccc(N(C=O)/C=C\N(C)C)c(Cl)c4)c3O)ccn2)C1.CNC. The van der Waals surface area contributed by atoms with Gasteiger partial charge in [0.1, 0.15) is 17.7 Å². The summed E-state index contributed by atoms with van der Waals surface area (Å²) in [6.07, 6.45) is 11.7. The molecule has 1 aliphatic heterocycles. The maximum absolute atomic E-state index is 11.7. The summed E-state index contributed by atoms with van der Waals surface area (Å²) in [5, 5.41) is 14.6. The highest BCUT2D eigenvalue weighted by atomic mass is 35.5. The molecule has 9 heteroatoms. The summed E-state index contributed by atoms with van der Waals surface area (Å²) in [5.74, 6) is 1.02. The normalized spacial score (nSPS) is 14.9. The number of piperidine rings is 1. The molecule has 1 amide bonds. The fourth-order valence-electron chi connectivity index (χ4n) is 4.69. The minimum absolute atomic E-state index is 0.126. The number of amides is 1. The van der Waals surface area contributed by atoms with Crippen molar-refractivity contribution in [3.05, 3.63) is 84.0 Å². The van der Waals surface area contributed by atoms with Gasteiger partial charge in [0.05, 0.1) is 23.5 Å². The van der Waals surface area contributed by atoms with Crippen LogP contribution >= 0.6 is 11.6 Å². The minimum Gasteiger partial charge on any atom is -0.507 e. The van der Waals surface area contributed by atoms with Crippen LogP contribution in [-0.4, -0.2) is 68.8 Å². The van der Waals surface area contributed by atoms with Crippen LogP contribution in [0, 0.1) is 6.92 Å². The molecular weight excluding hydrogens is 550 g/mol. The van der Waals surface area contributed by atoms with E-state index < -0.39 is 0 Å². The maximum Gasteiger partial charge on any atom is 0.218 e. The maximum atomic E-state index is 11.7. The second-order valence-electron chi connectivity index (χ2n) is 10.4. The lowest BCUT2D eigenvalue weighted by molar-refractivity contribution is -0.106. The number of halogens is 1. The van der Waals surface area contributed by atoms with E-state index in [1.54, 1.807) is 37.0 Å². The Morgan fingerprint density at radius 3 is 2.40 bits per heavy atom. The standard InChI is InChI=1S/C31H35ClN4O3.C2H7N/c1-5-15-39-25-7-6-12-35(20-25)30-19-24(10-11-33-30)27-17-22(2)16-26(31(27)38)23-8-9-29(28(32)18-23)36(21-37)14-13-34(3)4;1-3-2/h5,8-11,13-19,21,25,38H,6-7,12,20H2,1-4H3;3H,1-2H3/b14-13-,15-5+;. The number of anilines is 2. The van der Waals surface area contributed by atoms with Gasteiger partial charge in [-0.1, -0.05) is 23.7 Å². The predicted octanol–water partition coefficient (Wildman–Crippen LogP) is 6.43. The Bertz CT molecular complexity index is 1390. The summed E-state index contributed by atoms with van der Waals surface area (Å²) in [5.41, 5.74) is 4.56. The molecule has 3 aromatic rings. The highest BCUT2D eigenvalue weighted by Crippen LogP contribution is 2.41. The van der Waals surface area contributed by atoms with E-state index in [1.165, 1.54) is 4.90 Å². The number of phenolic OH excluding ortho intramolecular Hbond substituents is 1. The summed E-state index contributed by atoms with van der Waals surface area (Å²) in [6, 6.07) is 13.2. The number of hydrogen-bond donors (Lipinski definition) is 2. The van der Waals surface area contributed by atoms with Gasteiger partial charge in [-0.05, 0) is 93.9 Å². The van der Waals surface area contributed by atoms with Crippen LogP contribution in [-0.2, 0) is 9.53 Å². The number of hydrogen-bond acceptors (Lipinski definition) is 7. The summed E-state index contributed by atoms with van der Waals surface area (Å²) in [6.45, 7) is 5.61. The molecule has 2 aromatic carbocycles. The largest absolute Gasteiger partial charge is 0.507 e. The van der Waals surface area contributed by atoms with Crippen LogP contribution < -0.4 is 15.1 Å². The molecule has 0 spiro atoms. The third kappa shape index (κ3) is 8.50. The Hall–Kier alpha value is -4.01. The molecular formula is C33H42ClN5O3. The Balaban J connectivity index is 0.00000155. The number of aryl methyl sites for hydroxylation is 1. The molecule has 1 aromatic heterocycles. The zero-order chi connectivity index (χ0) is 30.6. The van der Waals surface area contributed by atoms with E-state index in [2.05, 4.69) is 15.2 Å². The van der Waals surface area contributed by atoms with Gasteiger partial charge >= 0.3 is 0 Å². The third-order valence-electron chi connectivity index (χ3n) is 6.60. The van der Waals surface area contributed by atoms with Gasteiger partial charge in [0.15, 0.2) is 0 Å². The first-order valence-electron chi connectivity index (χ1n) is 14.0. The topological polar surface area (TPSA) is 81.2 Å². The lowest BCUT2D eigenvalue weighted by Gasteiger charge is -2.33. The summed E-state index contributed by atoms with van der Waals surface area (Å²) in [7, 11) is 7.49. The number of benzene rings is 2. The van der Waals surface area contributed by atoms with Crippen LogP contribution in [0.25, 0.3) is 22.3 Å². The van der Waals surface area contributed by atoms with Gasteiger partial charge < -0.3 is 25.0 Å². The molecule has 42 heavy (non-hydrogen) atoms. The lowest BCUT2D eigenvalue weighted by Crippen LogP contribution is -2.39. The number of allylic oxidation sites excluding steroid dienone is 1. The van der Waals surface area contributed by atoms with Crippen molar-refractivity contribution in [2.24, 2.45) is 0 Å². The smallest absolute Gasteiger partial charge is 0.218 e. The highest BCUT2D eigenvalue weighted by molar-refractivity contribution is 6.34. The van der Waals surface area contributed by atoms with Crippen molar-refractivity contribution in [1.82, 2.24) is 15.2 Å². The molecule has 1 atom stereocenters. The zero-order valence-corrected chi connectivity index (χ0v) is 26.1. The minimum atomic E-state index is 0.126. The number of aromatic hydroxyl groups is 1. The summed E-state index contributed by atoms with van der Waals surface area (Å²) < 4.78 is 5.83. The van der Waals surface area contributed by atoms with Gasteiger partial charge in [-0.25, -0.2) is 4.98 Å². The Morgan fingerprint density at radius 2 is 1.79 bits per heavy atom. The fraction of sp³-hybridized carbons (Fsp3) is 0.333. The van der Waals surface area contributed by atoms with E-state index in [0.717, 1.165) is 54.0 Å². The molecule has 0 aliphatic carbocycles. The van der Waals surface area contributed by atoms with Crippen molar-refractivity contribution in [2.75, 3.05) is 51.1 Å². The van der Waals surface area contributed by atoms with E-state index in [-0.39, 0.29) is 11.9 Å². The van der Waals surface area contributed by atoms with Gasteiger partial charge in [-0.15, -0.1) is 0 Å². The van der Waals surface area contributed by atoms with E-state index in [1.807, 2.05) is 83.3 Å².